The lowest BCUT2D eigenvalue weighted by Crippen LogP contribution is -2.47. The number of oxazole rings is 1. The third-order valence-electron chi connectivity index (χ3n) is 7.41. The van der Waals surface area contributed by atoms with E-state index in [2.05, 4.69) is 10.3 Å². The molecular formula is C29H30F2N4O6. The maximum Gasteiger partial charge on any atom is 0.276 e. The fourth-order valence-electron chi connectivity index (χ4n) is 5.26. The van der Waals surface area contributed by atoms with E-state index in [1.807, 2.05) is 12.1 Å². The predicted octanol–water partition coefficient (Wildman–Crippen LogP) is 2.85. The molecule has 0 spiro atoms. The summed E-state index contributed by atoms with van der Waals surface area (Å²) in [6, 6.07) is 8.64. The van der Waals surface area contributed by atoms with Crippen molar-refractivity contribution in [3.8, 4) is 11.5 Å². The summed E-state index contributed by atoms with van der Waals surface area (Å²) in [6.45, 7) is 2.22. The highest BCUT2D eigenvalue weighted by Crippen LogP contribution is 2.35. The van der Waals surface area contributed by atoms with Crippen LogP contribution in [0.2, 0.25) is 0 Å². The van der Waals surface area contributed by atoms with Crippen LogP contribution in [0.5, 0.6) is 11.5 Å². The Morgan fingerprint density at radius 3 is 2.76 bits per heavy atom. The van der Waals surface area contributed by atoms with E-state index in [0.29, 0.717) is 23.7 Å². The Morgan fingerprint density at radius 2 is 2.00 bits per heavy atom. The molecule has 216 valence electrons. The molecule has 1 aromatic heterocycles. The summed E-state index contributed by atoms with van der Waals surface area (Å²) in [5.74, 6) is -2.32. The number of fused-ring (bicyclic) bond motifs is 4. The highest BCUT2D eigenvalue weighted by atomic mass is 19.2. The second kappa shape index (κ2) is 11.9. The van der Waals surface area contributed by atoms with Crippen LogP contribution in [0.25, 0.3) is 0 Å². The lowest BCUT2D eigenvalue weighted by atomic mass is 9.94. The van der Waals surface area contributed by atoms with Gasteiger partial charge in [-0.1, -0.05) is 18.2 Å². The third kappa shape index (κ3) is 6.01. The van der Waals surface area contributed by atoms with E-state index in [4.69, 9.17) is 13.9 Å². The number of amides is 3. The maximum atomic E-state index is 14.3. The molecular weight excluding hydrogens is 538 g/mol. The van der Waals surface area contributed by atoms with Gasteiger partial charge in [0.2, 0.25) is 11.8 Å². The molecule has 10 nitrogen and oxygen atoms in total. The van der Waals surface area contributed by atoms with Crippen LogP contribution >= 0.6 is 0 Å². The van der Waals surface area contributed by atoms with Gasteiger partial charge in [0.05, 0.1) is 32.7 Å². The molecule has 2 atom stereocenters. The van der Waals surface area contributed by atoms with Crippen molar-refractivity contribution in [2.24, 2.45) is 0 Å². The first-order valence-electron chi connectivity index (χ1n) is 13.2. The Bertz CT molecular complexity index is 1460. The van der Waals surface area contributed by atoms with E-state index in [9.17, 15) is 23.2 Å². The predicted molar refractivity (Wildman–Crippen MR) is 142 cm³/mol. The number of nitrogens with zero attached hydrogens (tertiary/aromatic N) is 3. The lowest BCUT2D eigenvalue weighted by molar-refractivity contribution is -0.130. The van der Waals surface area contributed by atoms with Crippen LogP contribution in [0, 0.1) is 18.6 Å². The summed E-state index contributed by atoms with van der Waals surface area (Å²) in [4.78, 5) is 46.6. The monoisotopic (exact) mass is 568 g/mol. The van der Waals surface area contributed by atoms with Gasteiger partial charge in [0, 0.05) is 31.1 Å². The first-order chi connectivity index (χ1) is 19.7. The zero-order chi connectivity index (χ0) is 29.1. The molecule has 1 N–H and O–H groups in total. The normalized spacial score (nSPS) is 19.3. The Kier molecular flexibility index (Phi) is 8.18. The number of hydrogen-bond acceptors (Lipinski definition) is 7. The van der Waals surface area contributed by atoms with Gasteiger partial charge in [-0.2, -0.15) is 0 Å². The average molecular weight is 569 g/mol. The number of carbonyl (C=O) groups is 3. The molecule has 3 amide bonds. The topological polar surface area (TPSA) is 114 Å². The number of halogens is 2. The molecule has 0 aliphatic carbocycles. The molecule has 0 unspecified atom stereocenters. The van der Waals surface area contributed by atoms with Gasteiger partial charge in [-0.15, -0.1) is 0 Å². The van der Waals surface area contributed by atoms with Gasteiger partial charge in [-0.3, -0.25) is 14.4 Å². The minimum absolute atomic E-state index is 0.0429. The molecule has 0 saturated carbocycles. The van der Waals surface area contributed by atoms with Crippen LogP contribution in [0.1, 0.15) is 39.7 Å². The van der Waals surface area contributed by atoms with Crippen molar-refractivity contribution < 1.29 is 37.1 Å². The van der Waals surface area contributed by atoms with Crippen LogP contribution in [-0.4, -0.2) is 78.4 Å². The number of nitrogens with one attached hydrogen (secondary N) is 1. The Morgan fingerprint density at radius 1 is 1.17 bits per heavy atom. The van der Waals surface area contributed by atoms with E-state index in [-0.39, 0.29) is 56.4 Å². The molecule has 1 saturated heterocycles. The van der Waals surface area contributed by atoms with Crippen molar-refractivity contribution >= 4 is 17.7 Å². The number of benzene rings is 2. The second-order valence-electron chi connectivity index (χ2n) is 10.1. The van der Waals surface area contributed by atoms with E-state index < -0.39 is 35.4 Å². The SMILES string of the molecule is COc1ccc2cc1OCCCN(C(=O)c1ncoc1C)CC(=O)N[C@H]1CN(C(=O)Cc3cccc(F)c3F)C[C@H]21. The van der Waals surface area contributed by atoms with Crippen LogP contribution in [0.15, 0.2) is 47.2 Å². The second-order valence-corrected chi connectivity index (χ2v) is 10.1. The summed E-state index contributed by atoms with van der Waals surface area (Å²) >= 11 is 0. The number of carbonyl (C=O) groups excluding carboxylic acids is 3. The number of aryl methyl sites for hydroxylation is 1. The molecule has 2 bridgehead atoms. The van der Waals surface area contributed by atoms with Crippen molar-refractivity contribution in [1.82, 2.24) is 20.1 Å². The number of methoxy groups -OCH3 is 1. The third-order valence-corrected chi connectivity index (χ3v) is 7.41. The standard InChI is InChI=1S/C29H30F2N4O6/c1-17-28(32-16-41-17)29(38)34-9-4-10-40-24-11-18(7-8-23(24)39-2)20-13-35(14-22(20)33-25(36)15-34)26(37)12-19-5-3-6-21(30)27(19)31/h3,5-8,11,16,20,22H,4,9-10,12-15H2,1-2H3,(H,33,36)/t20-,22+/m1/s1. The van der Waals surface area contributed by atoms with Crippen molar-refractivity contribution in [3.05, 3.63) is 77.0 Å². The van der Waals surface area contributed by atoms with Crippen molar-refractivity contribution in [3.63, 3.8) is 0 Å². The molecule has 2 aromatic carbocycles. The van der Waals surface area contributed by atoms with Crippen LogP contribution in [0.3, 0.4) is 0 Å². The van der Waals surface area contributed by atoms with Gasteiger partial charge >= 0.3 is 0 Å². The van der Waals surface area contributed by atoms with Gasteiger partial charge in [0.15, 0.2) is 35.2 Å². The summed E-state index contributed by atoms with van der Waals surface area (Å²) < 4.78 is 44.7. The molecule has 3 heterocycles. The fraction of sp³-hybridized carbons (Fsp3) is 0.379. The van der Waals surface area contributed by atoms with E-state index >= 15 is 0 Å². The molecule has 2 aliphatic rings. The number of rotatable bonds is 4. The van der Waals surface area contributed by atoms with Crippen molar-refractivity contribution in [2.75, 3.05) is 39.9 Å². The zero-order valence-corrected chi connectivity index (χ0v) is 22.7. The van der Waals surface area contributed by atoms with Gasteiger partial charge in [0.1, 0.15) is 5.76 Å². The first-order valence-corrected chi connectivity index (χ1v) is 13.2. The largest absolute Gasteiger partial charge is 0.493 e. The summed E-state index contributed by atoms with van der Waals surface area (Å²) in [6.07, 6.45) is 1.29. The number of likely N-dealkylation sites (tertiary alicyclic amines) is 1. The minimum atomic E-state index is -1.06. The molecule has 3 aromatic rings. The molecule has 2 aliphatic heterocycles. The Balaban J connectivity index is 1.42. The van der Waals surface area contributed by atoms with Crippen molar-refractivity contribution in [1.29, 1.82) is 0 Å². The van der Waals surface area contributed by atoms with E-state index in [1.165, 1.54) is 35.4 Å². The number of hydrogen-bond donors (Lipinski definition) is 1. The summed E-state index contributed by atoms with van der Waals surface area (Å²) in [5.41, 5.74) is 0.888. The van der Waals surface area contributed by atoms with Crippen LogP contribution < -0.4 is 14.8 Å². The van der Waals surface area contributed by atoms with E-state index in [0.717, 1.165) is 11.6 Å². The summed E-state index contributed by atoms with van der Waals surface area (Å²) in [5, 5.41) is 2.99. The molecule has 1 fully saturated rings. The molecule has 5 rings (SSSR count). The molecule has 0 radical (unpaired) electrons. The number of ether oxygens (including phenoxy) is 2. The van der Waals surface area contributed by atoms with Crippen molar-refractivity contribution in [2.45, 2.75) is 31.7 Å². The summed E-state index contributed by atoms with van der Waals surface area (Å²) in [7, 11) is 1.53. The maximum absolute atomic E-state index is 14.3. The van der Waals surface area contributed by atoms with E-state index in [1.54, 1.807) is 13.0 Å². The number of aromatic nitrogens is 1. The highest BCUT2D eigenvalue weighted by Gasteiger charge is 2.38. The quantitative estimate of drug-likeness (QED) is 0.515. The van der Waals surface area contributed by atoms with Gasteiger partial charge in [-0.05, 0) is 37.1 Å². The molecule has 41 heavy (non-hydrogen) atoms. The van der Waals surface area contributed by atoms with Crippen LogP contribution in [0.4, 0.5) is 8.78 Å². The zero-order valence-electron chi connectivity index (χ0n) is 22.7. The fourth-order valence-corrected chi connectivity index (χ4v) is 5.26. The smallest absolute Gasteiger partial charge is 0.276 e. The Labute approximate surface area is 235 Å². The lowest BCUT2D eigenvalue weighted by Gasteiger charge is -2.24. The van der Waals surface area contributed by atoms with Gasteiger partial charge in [0.25, 0.3) is 5.91 Å². The van der Waals surface area contributed by atoms with Crippen LogP contribution in [-0.2, 0) is 16.0 Å². The molecule has 12 heteroatoms. The van der Waals surface area contributed by atoms with Gasteiger partial charge in [-0.25, -0.2) is 13.8 Å². The highest BCUT2D eigenvalue weighted by molar-refractivity contribution is 5.95. The minimum Gasteiger partial charge on any atom is -0.493 e. The Hall–Kier alpha value is -4.48. The van der Waals surface area contributed by atoms with Gasteiger partial charge < -0.3 is 29.0 Å². The first kappa shape index (κ1) is 28.1. The average Bonchev–Trinajstić information content (AvgIpc) is 3.58.